The Morgan fingerprint density at radius 2 is 2.27 bits per heavy atom. The average Bonchev–Trinajstić information content (AvgIpc) is 3.30. The van der Waals surface area contributed by atoms with Gasteiger partial charge in [-0.1, -0.05) is 6.07 Å². The molecule has 1 atom stereocenters. The lowest BCUT2D eigenvalue weighted by Gasteiger charge is -2.13. The van der Waals surface area contributed by atoms with Crippen molar-refractivity contribution in [1.29, 1.82) is 0 Å². The summed E-state index contributed by atoms with van der Waals surface area (Å²) in [5.41, 5.74) is 0.870. The minimum Gasteiger partial charge on any atom is -0.420 e. The van der Waals surface area contributed by atoms with Gasteiger partial charge in [-0.2, -0.15) is 0 Å². The molecule has 112 valence electrons. The maximum absolute atomic E-state index is 5.85. The second-order valence-electron chi connectivity index (χ2n) is 5.49. The van der Waals surface area contributed by atoms with Crippen LogP contribution in [0.25, 0.3) is 11.5 Å². The topological polar surface area (TPSA) is 55.1 Å². The molecule has 1 aliphatic heterocycles. The van der Waals surface area contributed by atoms with E-state index in [1.54, 1.807) is 12.4 Å². The summed E-state index contributed by atoms with van der Waals surface area (Å²) >= 11 is 1.81. The van der Waals surface area contributed by atoms with E-state index >= 15 is 0 Å². The molecule has 1 fully saturated rings. The molecule has 0 N–H and O–H groups in total. The maximum atomic E-state index is 5.85. The smallest absolute Gasteiger partial charge is 0.249 e. The lowest BCUT2D eigenvalue weighted by atomic mass is 10.1. The third kappa shape index (κ3) is 2.80. The zero-order valence-electron chi connectivity index (χ0n) is 12.1. The van der Waals surface area contributed by atoms with E-state index < -0.39 is 0 Å². The first-order valence-electron chi connectivity index (χ1n) is 7.37. The van der Waals surface area contributed by atoms with Crippen molar-refractivity contribution < 1.29 is 4.42 Å². The summed E-state index contributed by atoms with van der Waals surface area (Å²) in [6.07, 6.45) is 4.55. The molecule has 22 heavy (non-hydrogen) atoms. The molecule has 5 nitrogen and oxygen atoms in total. The quantitative estimate of drug-likeness (QED) is 0.740. The first-order chi connectivity index (χ1) is 10.9. The van der Waals surface area contributed by atoms with E-state index in [9.17, 15) is 0 Å². The van der Waals surface area contributed by atoms with Crippen LogP contribution in [0.2, 0.25) is 0 Å². The molecule has 0 amide bonds. The molecular formula is C16H16N4OS. The molecule has 0 spiro atoms. The number of likely N-dealkylation sites (tertiary alicyclic amines) is 1. The fourth-order valence-electron chi connectivity index (χ4n) is 2.81. The van der Waals surface area contributed by atoms with Crippen molar-refractivity contribution in [1.82, 2.24) is 20.1 Å². The molecule has 0 bridgehead atoms. The van der Waals surface area contributed by atoms with Gasteiger partial charge in [0.1, 0.15) is 0 Å². The van der Waals surface area contributed by atoms with Gasteiger partial charge in [0, 0.05) is 30.4 Å². The minimum absolute atomic E-state index is 0.331. The van der Waals surface area contributed by atoms with Gasteiger partial charge >= 0.3 is 0 Å². The molecule has 3 aromatic heterocycles. The highest BCUT2D eigenvalue weighted by molar-refractivity contribution is 7.09. The van der Waals surface area contributed by atoms with E-state index in [0.29, 0.717) is 11.8 Å². The number of rotatable bonds is 4. The zero-order valence-corrected chi connectivity index (χ0v) is 12.9. The van der Waals surface area contributed by atoms with Crippen molar-refractivity contribution >= 4 is 11.3 Å². The van der Waals surface area contributed by atoms with Gasteiger partial charge < -0.3 is 4.42 Å². The van der Waals surface area contributed by atoms with Gasteiger partial charge in [-0.05, 0) is 36.5 Å². The van der Waals surface area contributed by atoms with Crippen molar-refractivity contribution in [3.05, 3.63) is 52.8 Å². The Bertz CT molecular complexity index is 726. The number of thiophene rings is 1. The molecule has 4 rings (SSSR count). The average molecular weight is 312 g/mol. The summed E-state index contributed by atoms with van der Waals surface area (Å²) < 4.78 is 5.85. The Morgan fingerprint density at radius 3 is 3.09 bits per heavy atom. The van der Waals surface area contributed by atoms with Gasteiger partial charge in [0.2, 0.25) is 11.8 Å². The number of nitrogens with zero attached hydrogens (tertiary/aromatic N) is 4. The number of hydrogen-bond donors (Lipinski definition) is 0. The summed E-state index contributed by atoms with van der Waals surface area (Å²) in [6.45, 7) is 3.07. The van der Waals surface area contributed by atoms with Gasteiger partial charge in [0.25, 0.3) is 0 Å². The Morgan fingerprint density at radius 1 is 1.27 bits per heavy atom. The van der Waals surface area contributed by atoms with Crippen LogP contribution in [-0.4, -0.2) is 33.2 Å². The van der Waals surface area contributed by atoms with Crippen molar-refractivity contribution in [2.24, 2.45) is 0 Å². The molecule has 1 unspecified atom stereocenters. The molecule has 0 aromatic carbocycles. The molecular weight excluding hydrogens is 296 g/mol. The van der Waals surface area contributed by atoms with Crippen LogP contribution in [0, 0.1) is 0 Å². The van der Waals surface area contributed by atoms with Crippen LogP contribution in [0.5, 0.6) is 0 Å². The van der Waals surface area contributed by atoms with E-state index in [1.807, 2.05) is 23.5 Å². The predicted molar refractivity (Wildman–Crippen MR) is 84.5 cm³/mol. The lowest BCUT2D eigenvalue weighted by molar-refractivity contribution is 0.323. The molecule has 6 heteroatoms. The third-order valence-corrected chi connectivity index (χ3v) is 4.79. The standard InChI is InChI=1S/C16H16N4OS/c1-3-12(9-17-6-1)15-18-19-16(21-15)13-5-7-20(10-13)11-14-4-2-8-22-14/h1-4,6,8-9,13H,5,7,10-11H2. The van der Waals surface area contributed by atoms with E-state index in [0.717, 1.165) is 37.5 Å². The first-order valence-corrected chi connectivity index (χ1v) is 8.25. The Labute approximate surface area is 132 Å². The molecule has 1 saturated heterocycles. The summed E-state index contributed by atoms with van der Waals surface area (Å²) in [6, 6.07) is 8.09. The Kier molecular flexibility index (Phi) is 3.70. The van der Waals surface area contributed by atoms with Gasteiger partial charge in [0.05, 0.1) is 11.5 Å². The molecule has 0 saturated carbocycles. The van der Waals surface area contributed by atoms with E-state index in [2.05, 4.69) is 37.6 Å². The van der Waals surface area contributed by atoms with Crippen LogP contribution in [0.4, 0.5) is 0 Å². The van der Waals surface area contributed by atoms with Gasteiger partial charge in [-0.3, -0.25) is 9.88 Å². The number of aromatic nitrogens is 3. The lowest BCUT2D eigenvalue weighted by Crippen LogP contribution is -2.19. The fourth-order valence-corrected chi connectivity index (χ4v) is 3.55. The van der Waals surface area contributed by atoms with Gasteiger partial charge in [0.15, 0.2) is 0 Å². The first kappa shape index (κ1) is 13.6. The molecule has 3 aromatic rings. The van der Waals surface area contributed by atoms with Crippen LogP contribution in [-0.2, 0) is 6.54 Å². The highest BCUT2D eigenvalue weighted by atomic mass is 32.1. The molecule has 1 aliphatic rings. The second-order valence-corrected chi connectivity index (χ2v) is 6.52. The summed E-state index contributed by atoms with van der Waals surface area (Å²) in [4.78, 5) is 7.94. The van der Waals surface area contributed by atoms with Crippen molar-refractivity contribution in [2.75, 3.05) is 13.1 Å². The van der Waals surface area contributed by atoms with Gasteiger partial charge in [-0.15, -0.1) is 21.5 Å². The summed E-state index contributed by atoms with van der Waals surface area (Å²) in [5.74, 6) is 1.63. The number of pyridine rings is 1. The normalized spacial score (nSPS) is 18.8. The summed E-state index contributed by atoms with van der Waals surface area (Å²) in [7, 11) is 0. The van der Waals surface area contributed by atoms with Crippen molar-refractivity contribution in [2.45, 2.75) is 18.9 Å². The highest BCUT2D eigenvalue weighted by Gasteiger charge is 2.28. The largest absolute Gasteiger partial charge is 0.420 e. The van der Waals surface area contributed by atoms with Crippen LogP contribution < -0.4 is 0 Å². The monoisotopic (exact) mass is 312 g/mol. The number of hydrogen-bond acceptors (Lipinski definition) is 6. The third-order valence-electron chi connectivity index (χ3n) is 3.93. The molecule has 4 heterocycles. The fraction of sp³-hybridized carbons (Fsp3) is 0.312. The zero-order chi connectivity index (χ0) is 14.8. The minimum atomic E-state index is 0.331. The molecule has 0 aliphatic carbocycles. The van der Waals surface area contributed by atoms with Gasteiger partial charge in [-0.25, -0.2) is 0 Å². The Hall–Kier alpha value is -2.05. The van der Waals surface area contributed by atoms with Crippen molar-refractivity contribution in [3.63, 3.8) is 0 Å². The van der Waals surface area contributed by atoms with E-state index in [1.165, 1.54) is 4.88 Å². The van der Waals surface area contributed by atoms with Crippen LogP contribution in [0.15, 0.2) is 46.5 Å². The van der Waals surface area contributed by atoms with Crippen LogP contribution in [0.3, 0.4) is 0 Å². The predicted octanol–water partition coefficient (Wildman–Crippen LogP) is 3.18. The van der Waals surface area contributed by atoms with Crippen LogP contribution >= 0.6 is 11.3 Å². The van der Waals surface area contributed by atoms with E-state index in [4.69, 9.17) is 4.42 Å². The SMILES string of the molecule is c1cncc(-c2nnc(C3CCN(Cc4cccs4)C3)o2)c1. The maximum Gasteiger partial charge on any atom is 0.249 e. The van der Waals surface area contributed by atoms with E-state index in [-0.39, 0.29) is 0 Å². The highest BCUT2D eigenvalue weighted by Crippen LogP contribution is 2.29. The Balaban J connectivity index is 1.44. The van der Waals surface area contributed by atoms with Crippen LogP contribution in [0.1, 0.15) is 23.1 Å². The second kappa shape index (κ2) is 5.98. The molecule has 0 radical (unpaired) electrons. The summed E-state index contributed by atoms with van der Waals surface area (Å²) in [5, 5.41) is 10.5. The van der Waals surface area contributed by atoms with Crippen molar-refractivity contribution in [3.8, 4) is 11.5 Å².